The Morgan fingerprint density at radius 3 is 2.71 bits per heavy atom. The van der Waals surface area contributed by atoms with Gasteiger partial charge in [0.15, 0.2) is 0 Å². The molecule has 0 bridgehead atoms. The standard InChI is InChI=1S/C15H12ClN3O2/c1-20-13-5-3-2-4-11(13)14-18-15(21-19-14)10-7-6-9(17)8-12(10)16/h2-8H,17H2,1H3. The molecule has 0 saturated heterocycles. The fraction of sp³-hybridized carbons (Fsp3) is 0.0667. The van der Waals surface area contributed by atoms with Crippen molar-refractivity contribution in [3.63, 3.8) is 0 Å². The summed E-state index contributed by atoms with van der Waals surface area (Å²) < 4.78 is 10.6. The van der Waals surface area contributed by atoms with Crippen molar-refractivity contribution in [3.8, 4) is 28.6 Å². The summed E-state index contributed by atoms with van der Waals surface area (Å²) in [5.74, 6) is 1.45. The number of rotatable bonds is 3. The van der Waals surface area contributed by atoms with E-state index in [-0.39, 0.29) is 0 Å². The van der Waals surface area contributed by atoms with Crippen LogP contribution in [0, 0.1) is 0 Å². The van der Waals surface area contributed by atoms with E-state index >= 15 is 0 Å². The Bertz CT molecular complexity index is 786. The van der Waals surface area contributed by atoms with Crippen molar-refractivity contribution in [2.75, 3.05) is 12.8 Å². The molecule has 0 aliphatic rings. The molecule has 106 valence electrons. The molecule has 0 atom stereocenters. The van der Waals surface area contributed by atoms with E-state index < -0.39 is 0 Å². The highest BCUT2D eigenvalue weighted by Gasteiger charge is 2.15. The molecule has 0 amide bonds. The van der Waals surface area contributed by atoms with Crippen molar-refractivity contribution in [2.24, 2.45) is 0 Å². The maximum absolute atomic E-state index is 6.15. The van der Waals surface area contributed by atoms with Gasteiger partial charge in [-0.05, 0) is 30.3 Å². The van der Waals surface area contributed by atoms with Crippen LogP contribution in [0.2, 0.25) is 5.02 Å². The van der Waals surface area contributed by atoms with Crippen LogP contribution >= 0.6 is 11.6 Å². The number of para-hydroxylation sites is 1. The SMILES string of the molecule is COc1ccccc1-c1noc(-c2ccc(N)cc2Cl)n1. The number of nitrogens with zero attached hydrogens (tertiary/aromatic N) is 2. The van der Waals surface area contributed by atoms with Gasteiger partial charge in [-0.2, -0.15) is 4.98 Å². The largest absolute Gasteiger partial charge is 0.496 e. The van der Waals surface area contributed by atoms with Crippen molar-refractivity contribution >= 4 is 17.3 Å². The molecular weight excluding hydrogens is 290 g/mol. The number of nitrogen functional groups attached to an aromatic ring is 1. The summed E-state index contributed by atoms with van der Waals surface area (Å²) in [5, 5.41) is 4.44. The minimum atomic E-state index is 0.334. The molecule has 0 radical (unpaired) electrons. The zero-order valence-corrected chi connectivity index (χ0v) is 12.0. The van der Waals surface area contributed by atoms with Gasteiger partial charge < -0.3 is 15.0 Å². The quantitative estimate of drug-likeness (QED) is 0.747. The molecular formula is C15H12ClN3O2. The Kier molecular flexibility index (Phi) is 3.50. The van der Waals surface area contributed by atoms with Crippen LogP contribution in [0.15, 0.2) is 47.0 Å². The Balaban J connectivity index is 2.04. The van der Waals surface area contributed by atoms with Crippen LogP contribution in [0.3, 0.4) is 0 Å². The number of halogens is 1. The number of ether oxygens (including phenoxy) is 1. The number of anilines is 1. The van der Waals surface area contributed by atoms with Crippen molar-refractivity contribution < 1.29 is 9.26 Å². The Hall–Kier alpha value is -2.53. The van der Waals surface area contributed by atoms with E-state index in [0.717, 1.165) is 5.56 Å². The molecule has 1 heterocycles. The van der Waals surface area contributed by atoms with E-state index in [1.54, 1.807) is 25.3 Å². The molecule has 0 spiro atoms. The van der Waals surface area contributed by atoms with Gasteiger partial charge in [0.05, 0.1) is 23.3 Å². The molecule has 0 saturated carbocycles. The van der Waals surface area contributed by atoms with Gasteiger partial charge in [-0.1, -0.05) is 28.9 Å². The molecule has 0 fully saturated rings. The number of nitrogens with two attached hydrogens (primary N) is 1. The number of methoxy groups -OCH3 is 1. The van der Waals surface area contributed by atoms with Gasteiger partial charge >= 0.3 is 0 Å². The Labute approximate surface area is 126 Å². The molecule has 0 aliphatic carbocycles. The van der Waals surface area contributed by atoms with E-state index in [2.05, 4.69) is 10.1 Å². The molecule has 21 heavy (non-hydrogen) atoms. The van der Waals surface area contributed by atoms with Gasteiger partial charge in [-0.15, -0.1) is 0 Å². The molecule has 0 unspecified atom stereocenters. The first-order chi connectivity index (χ1) is 10.2. The van der Waals surface area contributed by atoms with Crippen molar-refractivity contribution in [2.45, 2.75) is 0 Å². The first-order valence-corrected chi connectivity index (χ1v) is 6.59. The van der Waals surface area contributed by atoms with E-state index in [4.69, 9.17) is 26.6 Å². The number of hydrogen-bond acceptors (Lipinski definition) is 5. The fourth-order valence-corrected chi connectivity index (χ4v) is 2.25. The van der Waals surface area contributed by atoms with E-state index in [1.165, 1.54) is 0 Å². The molecule has 6 heteroatoms. The van der Waals surface area contributed by atoms with Crippen LogP contribution in [0.1, 0.15) is 0 Å². The van der Waals surface area contributed by atoms with Crippen molar-refractivity contribution in [1.82, 2.24) is 10.1 Å². The molecule has 5 nitrogen and oxygen atoms in total. The summed E-state index contributed by atoms with van der Waals surface area (Å²) in [5.41, 5.74) is 7.64. The summed E-state index contributed by atoms with van der Waals surface area (Å²) in [6.45, 7) is 0. The Morgan fingerprint density at radius 1 is 1.14 bits per heavy atom. The molecule has 2 aromatic carbocycles. The van der Waals surface area contributed by atoms with E-state index in [1.807, 2.05) is 24.3 Å². The smallest absolute Gasteiger partial charge is 0.259 e. The van der Waals surface area contributed by atoms with Crippen LogP contribution < -0.4 is 10.5 Å². The van der Waals surface area contributed by atoms with Crippen LogP contribution in [0.4, 0.5) is 5.69 Å². The highest BCUT2D eigenvalue weighted by molar-refractivity contribution is 6.33. The molecule has 3 aromatic rings. The van der Waals surface area contributed by atoms with Crippen molar-refractivity contribution in [3.05, 3.63) is 47.5 Å². The average Bonchev–Trinajstić information content (AvgIpc) is 2.96. The maximum atomic E-state index is 6.15. The monoisotopic (exact) mass is 301 g/mol. The third-order valence-electron chi connectivity index (χ3n) is 3.00. The molecule has 3 rings (SSSR count). The fourth-order valence-electron chi connectivity index (χ4n) is 1.98. The molecule has 1 aromatic heterocycles. The van der Waals surface area contributed by atoms with E-state index in [0.29, 0.717) is 33.7 Å². The first kappa shape index (κ1) is 13.5. The predicted octanol–water partition coefficient (Wildman–Crippen LogP) is 3.65. The van der Waals surface area contributed by atoms with Crippen LogP contribution in [0.25, 0.3) is 22.8 Å². The molecule has 2 N–H and O–H groups in total. The topological polar surface area (TPSA) is 74.2 Å². The normalized spacial score (nSPS) is 10.6. The lowest BCUT2D eigenvalue weighted by atomic mass is 10.2. The summed E-state index contributed by atoms with van der Waals surface area (Å²) in [7, 11) is 1.59. The zero-order valence-electron chi connectivity index (χ0n) is 11.2. The number of hydrogen-bond donors (Lipinski definition) is 1. The van der Waals surface area contributed by atoms with E-state index in [9.17, 15) is 0 Å². The second-order valence-electron chi connectivity index (χ2n) is 4.36. The van der Waals surface area contributed by atoms with Gasteiger partial charge in [0.2, 0.25) is 5.82 Å². The van der Waals surface area contributed by atoms with Crippen LogP contribution in [-0.2, 0) is 0 Å². The maximum Gasteiger partial charge on any atom is 0.259 e. The highest BCUT2D eigenvalue weighted by Crippen LogP contribution is 2.32. The van der Waals surface area contributed by atoms with Gasteiger partial charge in [0, 0.05) is 5.69 Å². The molecule has 0 aliphatic heterocycles. The second-order valence-corrected chi connectivity index (χ2v) is 4.77. The van der Waals surface area contributed by atoms with Gasteiger partial charge in [0.1, 0.15) is 5.75 Å². The summed E-state index contributed by atoms with van der Waals surface area (Å²) in [4.78, 5) is 4.37. The summed E-state index contributed by atoms with van der Waals surface area (Å²) in [6.07, 6.45) is 0. The van der Waals surface area contributed by atoms with Gasteiger partial charge in [-0.3, -0.25) is 0 Å². The number of aromatic nitrogens is 2. The minimum absolute atomic E-state index is 0.334. The number of benzene rings is 2. The van der Waals surface area contributed by atoms with Crippen molar-refractivity contribution in [1.29, 1.82) is 0 Å². The van der Waals surface area contributed by atoms with Crippen LogP contribution in [0.5, 0.6) is 5.75 Å². The summed E-state index contributed by atoms with van der Waals surface area (Å²) in [6, 6.07) is 12.6. The van der Waals surface area contributed by atoms with Gasteiger partial charge in [-0.25, -0.2) is 0 Å². The zero-order chi connectivity index (χ0) is 14.8. The van der Waals surface area contributed by atoms with Gasteiger partial charge in [0.25, 0.3) is 5.89 Å². The minimum Gasteiger partial charge on any atom is -0.496 e. The average molecular weight is 302 g/mol. The predicted molar refractivity (Wildman–Crippen MR) is 81.1 cm³/mol. The lowest BCUT2D eigenvalue weighted by Gasteiger charge is -2.03. The second kappa shape index (κ2) is 5.46. The lowest BCUT2D eigenvalue weighted by molar-refractivity contribution is 0.413. The highest BCUT2D eigenvalue weighted by atomic mass is 35.5. The first-order valence-electron chi connectivity index (χ1n) is 6.21. The third kappa shape index (κ3) is 2.55. The van der Waals surface area contributed by atoms with Crippen LogP contribution in [-0.4, -0.2) is 17.3 Å². The third-order valence-corrected chi connectivity index (χ3v) is 3.31. The lowest BCUT2D eigenvalue weighted by Crippen LogP contribution is -1.89. The summed E-state index contributed by atoms with van der Waals surface area (Å²) >= 11 is 6.15. The Morgan fingerprint density at radius 2 is 1.95 bits per heavy atom.